The minimum Gasteiger partial charge on any atom is -0.454 e. The number of benzene rings is 2. The highest BCUT2D eigenvalue weighted by Crippen LogP contribution is 2.32. The lowest BCUT2D eigenvalue weighted by molar-refractivity contribution is -0.134. The average Bonchev–Trinajstić information content (AvgIpc) is 3.36. The van der Waals surface area contributed by atoms with E-state index >= 15 is 0 Å². The standard InChI is InChI=1S/C26H31N3O5/c1-3-28(4-2)26(32)23(27-24(30)20-10-11-21-22(16-20)34-17-33-21)18-12-14-29(15-13-18)25(31)19-8-6-5-7-9-19/h5-11,16,18,23H,3-4,12-15,17H2,1-2H3,(H,27,30)/t23-/m1/s1. The summed E-state index contributed by atoms with van der Waals surface area (Å²) in [6, 6.07) is 13.6. The number of fused-ring (bicyclic) bond motifs is 1. The molecule has 3 amide bonds. The molecule has 2 aliphatic heterocycles. The van der Waals surface area contributed by atoms with Crippen LogP contribution in [0.25, 0.3) is 0 Å². The molecular formula is C26H31N3O5. The van der Waals surface area contributed by atoms with E-state index in [1.165, 1.54) is 0 Å². The van der Waals surface area contributed by atoms with Gasteiger partial charge >= 0.3 is 0 Å². The van der Waals surface area contributed by atoms with Crippen molar-refractivity contribution in [2.45, 2.75) is 32.7 Å². The molecule has 0 saturated carbocycles. The Kier molecular flexibility index (Phi) is 7.35. The maximum absolute atomic E-state index is 13.4. The molecule has 0 aliphatic carbocycles. The number of rotatable bonds is 7. The van der Waals surface area contributed by atoms with Gasteiger partial charge in [-0.3, -0.25) is 14.4 Å². The molecule has 8 nitrogen and oxygen atoms in total. The lowest BCUT2D eigenvalue weighted by atomic mass is 9.87. The van der Waals surface area contributed by atoms with Crippen LogP contribution < -0.4 is 14.8 Å². The van der Waals surface area contributed by atoms with Gasteiger partial charge in [-0.25, -0.2) is 0 Å². The maximum atomic E-state index is 13.4. The Morgan fingerprint density at radius 2 is 1.65 bits per heavy atom. The Morgan fingerprint density at radius 3 is 2.32 bits per heavy atom. The van der Waals surface area contributed by atoms with Gasteiger partial charge in [0, 0.05) is 37.3 Å². The van der Waals surface area contributed by atoms with Crippen molar-refractivity contribution < 1.29 is 23.9 Å². The number of carbonyl (C=O) groups excluding carboxylic acids is 3. The molecule has 0 aromatic heterocycles. The van der Waals surface area contributed by atoms with Crippen LogP contribution in [-0.2, 0) is 4.79 Å². The molecule has 0 radical (unpaired) electrons. The largest absolute Gasteiger partial charge is 0.454 e. The number of piperidine rings is 1. The number of hydrogen-bond acceptors (Lipinski definition) is 5. The van der Waals surface area contributed by atoms with Crippen molar-refractivity contribution in [2.75, 3.05) is 33.0 Å². The van der Waals surface area contributed by atoms with Gasteiger partial charge < -0.3 is 24.6 Å². The number of carbonyl (C=O) groups is 3. The molecule has 34 heavy (non-hydrogen) atoms. The highest BCUT2D eigenvalue weighted by Gasteiger charge is 2.36. The molecule has 180 valence electrons. The summed E-state index contributed by atoms with van der Waals surface area (Å²) in [5.41, 5.74) is 1.08. The number of likely N-dealkylation sites (N-methyl/N-ethyl adjacent to an activating group) is 1. The van der Waals surface area contributed by atoms with Gasteiger partial charge in [-0.15, -0.1) is 0 Å². The van der Waals surface area contributed by atoms with E-state index in [4.69, 9.17) is 9.47 Å². The molecular weight excluding hydrogens is 434 g/mol. The van der Waals surface area contributed by atoms with E-state index in [-0.39, 0.29) is 30.4 Å². The molecule has 1 saturated heterocycles. The summed E-state index contributed by atoms with van der Waals surface area (Å²) in [6.45, 7) is 6.21. The van der Waals surface area contributed by atoms with Crippen LogP contribution in [0.1, 0.15) is 47.4 Å². The smallest absolute Gasteiger partial charge is 0.253 e. The second kappa shape index (κ2) is 10.6. The number of likely N-dealkylation sites (tertiary alicyclic amines) is 1. The van der Waals surface area contributed by atoms with Crippen LogP contribution in [0.3, 0.4) is 0 Å². The second-order valence-electron chi connectivity index (χ2n) is 8.53. The van der Waals surface area contributed by atoms with Gasteiger partial charge in [0.05, 0.1) is 0 Å². The van der Waals surface area contributed by atoms with Crippen LogP contribution in [0.4, 0.5) is 0 Å². The zero-order valence-corrected chi connectivity index (χ0v) is 19.7. The van der Waals surface area contributed by atoms with Crippen molar-refractivity contribution in [3.8, 4) is 11.5 Å². The molecule has 1 atom stereocenters. The summed E-state index contributed by atoms with van der Waals surface area (Å²) in [5, 5.41) is 2.99. The molecule has 2 aromatic rings. The summed E-state index contributed by atoms with van der Waals surface area (Å²) >= 11 is 0. The maximum Gasteiger partial charge on any atom is 0.253 e. The first-order valence-electron chi connectivity index (χ1n) is 11.9. The molecule has 0 bridgehead atoms. The number of hydrogen-bond donors (Lipinski definition) is 1. The first-order valence-corrected chi connectivity index (χ1v) is 11.9. The van der Waals surface area contributed by atoms with E-state index in [0.29, 0.717) is 61.6 Å². The molecule has 4 rings (SSSR count). The summed E-state index contributed by atoms with van der Waals surface area (Å²) in [4.78, 5) is 42.9. The fourth-order valence-corrected chi connectivity index (χ4v) is 4.57. The lowest BCUT2D eigenvalue weighted by Crippen LogP contribution is -2.54. The van der Waals surface area contributed by atoms with E-state index in [2.05, 4.69) is 5.32 Å². The predicted octanol–water partition coefficient (Wildman–Crippen LogP) is 2.93. The highest BCUT2D eigenvalue weighted by atomic mass is 16.7. The molecule has 8 heteroatoms. The Balaban J connectivity index is 1.47. The molecule has 2 aromatic carbocycles. The fourth-order valence-electron chi connectivity index (χ4n) is 4.57. The molecule has 0 spiro atoms. The highest BCUT2D eigenvalue weighted by molar-refractivity contribution is 5.98. The van der Waals surface area contributed by atoms with Gasteiger partial charge in [-0.2, -0.15) is 0 Å². The van der Waals surface area contributed by atoms with E-state index in [1.54, 1.807) is 23.1 Å². The van der Waals surface area contributed by atoms with Gasteiger partial charge in [0.15, 0.2) is 11.5 Å². The summed E-state index contributed by atoms with van der Waals surface area (Å²) < 4.78 is 10.7. The fraction of sp³-hybridized carbons (Fsp3) is 0.423. The Hall–Kier alpha value is -3.55. The third-order valence-corrected chi connectivity index (χ3v) is 6.58. The monoisotopic (exact) mass is 465 g/mol. The average molecular weight is 466 g/mol. The molecule has 1 fully saturated rings. The summed E-state index contributed by atoms with van der Waals surface area (Å²) in [7, 11) is 0. The van der Waals surface area contributed by atoms with Crippen LogP contribution in [0.5, 0.6) is 11.5 Å². The van der Waals surface area contributed by atoms with E-state index in [1.807, 2.05) is 49.1 Å². The Morgan fingerprint density at radius 1 is 0.971 bits per heavy atom. The van der Waals surface area contributed by atoms with Crippen molar-refractivity contribution in [1.82, 2.24) is 15.1 Å². The SMILES string of the molecule is CCN(CC)C(=O)[C@H](NC(=O)c1ccc2c(c1)OCO2)C1CCN(C(=O)c2ccccc2)CC1. The molecule has 2 heterocycles. The number of nitrogens with zero attached hydrogens (tertiary/aromatic N) is 2. The lowest BCUT2D eigenvalue weighted by Gasteiger charge is -2.37. The number of nitrogens with one attached hydrogen (secondary N) is 1. The van der Waals surface area contributed by atoms with Gasteiger partial charge in [-0.1, -0.05) is 18.2 Å². The third-order valence-electron chi connectivity index (χ3n) is 6.58. The van der Waals surface area contributed by atoms with Crippen LogP contribution in [0.2, 0.25) is 0 Å². The Bertz CT molecular complexity index is 1030. The first-order chi connectivity index (χ1) is 16.5. The summed E-state index contributed by atoms with van der Waals surface area (Å²) in [5.74, 6) is 0.634. The molecule has 2 aliphatic rings. The number of ether oxygens (including phenoxy) is 2. The van der Waals surface area contributed by atoms with Crippen molar-refractivity contribution in [3.05, 3.63) is 59.7 Å². The van der Waals surface area contributed by atoms with Crippen LogP contribution in [0, 0.1) is 5.92 Å². The van der Waals surface area contributed by atoms with Crippen LogP contribution in [0.15, 0.2) is 48.5 Å². The second-order valence-corrected chi connectivity index (χ2v) is 8.53. The zero-order chi connectivity index (χ0) is 24.1. The Labute approximate surface area is 199 Å². The van der Waals surface area contributed by atoms with Gasteiger partial charge in [-0.05, 0) is 62.9 Å². The zero-order valence-electron chi connectivity index (χ0n) is 19.7. The van der Waals surface area contributed by atoms with E-state index < -0.39 is 6.04 Å². The van der Waals surface area contributed by atoms with E-state index in [0.717, 1.165) is 0 Å². The van der Waals surface area contributed by atoms with Gasteiger partial charge in [0.1, 0.15) is 6.04 Å². The predicted molar refractivity (Wildman–Crippen MR) is 127 cm³/mol. The quantitative estimate of drug-likeness (QED) is 0.679. The topological polar surface area (TPSA) is 88.2 Å². The van der Waals surface area contributed by atoms with E-state index in [9.17, 15) is 14.4 Å². The van der Waals surface area contributed by atoms with Gasteiger partial charge in [0.2, 0.25) is 12.7 Å². The first kappa shape index (κ1) is 23.6. The normalized spacial score (nSPS) is 16.1. The van der Waals surface area contributed by atoms with Crippen molar-refractivity contribution >= 4 is 17.7 Å². The van der Waals surface area contributed by atoms with Crippen LogP contribution in [-0.4, -0.2) is 66.5 Å². The van der Waals surface area contributed by atoms with Crippen molar-refractivity contribution in [2.24, 2.45) is 5.92 Å². The summed E-state index contributed by atoms with van der Waals surface area (Å²) in [6.07, 6.45) is 1.27. The number of amides is 3. The van der Waals surface area contributed by atoms with Crippen LogP contribution >= 0.6 is 0 Å². The molecule has 0 unspecified atom stereocenters. The van der Waals surface area contributed by atoms with Crippen molar-refractivity contribution in [3.63, 3.8) is 0 Å². The van der Waals surface area contributed by atoms with Gasteiger partial charge in [0.25, 0.3) is 11.8 Å². The molecule has 1 N–H and O–H groups in total. The minimum atomic E-state index is -0.660. The third kappa shape index (κ3) is 5.00. The minimum absolute atomic E-state index is 0.00457. The van der Waals surface area contributed by atoms with Crippen molar-refractivity contribution in [1.29, 1.82) is 0 Å².